The van der Waals surface area contributed by atoms with Gasteiger partial charge in [0.15, 0.2) is 0 Å². The van der Waals surface area contributed by atoms with Crippen LogP contribution in [0.5, 0.6) is 0 Å². The Balaban J connectivity index is 2.03. The lowest BCUT2D eigenvalue weighted by Crippen LogP contribution is -2.32. The lowest BCUT2D eigenvalue weighted by atomic mass is 10.1. The molecule has 1 aliphatic rings. The first-order chi connectivity index (χ1) is 9.16. The number of Topliss-reactive ketones (excluding diaryl/α,β-unsaturated/α-hetero) is 1. The highest BCUT2D eigenvalue weighted by Gasteiger charge is 2.09. The molecule has 1 aliphatic heterocycles. The Morgan fingerprint density at radius 2 is 1.89 bits per heavy atom. The van der Waals surface area contributed by atoms with Gasteiger partial charge in [-0.3, -0.25) is 14.9 Å². The van der Waals surface area contributed by atoms with Gasteiger partial charge in [0, 0.05) is 36.8 Å². The molecule has 0 N–H and O–H groups in total. The number of hydrogen-bond donors (Lipinski definition) is 0. The molecule has 0 aliphatic carbocycles. The van der Waals surface area contributed by atoms with E-state index in [9.17, 15) is 14.9 Å². The maximum Gasteiger partial charge on any atom is 0.269 e. The molecule has 1 heterocycles. The van der Waals surface area contributed by atoms with Crippen LogP contribution in [0.2, 0.25) is 0 Å². The van der Waals surface area contributed by atoms with Gasteiger partial charge in [0.1, 0.15) is 0 Å². The van der Waals surface area contributed by atoms with Gasteiger partial charge >= 0.3 is 0 Å². The average molecular weight is 260 g/mol. The fourth-order valence-electron chi connectivity index (χ4n) is 1.61. The second kappa shape index (κ2) is 5.98. The van der Waals surface area contributed by atoms with Crippen molar-refractivity contribution in [2.45, 2.75) is 0 Å². The first kappa shape index (κ1) is 13.1. The highest BCUT2D eigenvalue weighted by atomic mass is 16.6. The van der Waals surface area contributed by atoms with E-state index in [0.717, 1.165) is 0 Å². The summed E-state index contributed by atoms with van der Waals surface area (Å²) in [7, 11) is 0. The molecular formula is C13H12N2O4. The molecule has 1 saturated heterocycles. The maximum absolute atomic E-state index is 11.8. The zero-order chi connectivity index (χ0) is 13.7. The Bertz CT molecular complexity index is 536. The van der Waals surface area contributed by atoms with Crippen LogP contribution in [0.3, 0.4) is 0 Å². The molecule has 19 heavy (non-hydrogen) atoms. The lowest BCUT2D eigenvalue weighted by molar-refractivity contribution is -0.384. The second-order valence-electron chi connectivity index (χ2n) is 3.97. The largest absolute Gasteiger partial charge is 0.378 e. The van der Waals surface area contributed by atoms with Crippen molar-refractivity contribution in [2.24, 2.45) is 0 Å². The molecule has 0 unspecified atom stereocenters. The quantitative estimate of drug-likeness (QED) is 0.344. The summed E-state index contributed by atoms with van der Waals surface area (Å²) in [5.74, 6) is 2.18. The van der Waals surface area contributed by atoms with Crippen LogP contribution < -0.4 is 0 Å². The number of hydrogen-bond acceptors (Lipinski definition) is 5. The predicted molar refractivity (Wildman–Crippen MR) is 67.6 cm³/mol. The van der Waals surface area contributed by atoms with Crippen LogP contribution in [0.4, 0.5) is 5.69 Å². The van der Waals surface area contributed by atoms with E-state index in [2.05, 4.69) is 12.0 Å². The number of morpholine rings is 1. The van der Waals surface area contributed by atoms with E-state index >= 15 is 0 Å². The summed E-state index contributed by atoms with van der Waals surface area (Å²) >= 11 is 0. The van der Waals surface area contributed by atoms with Crippen LogP contribution in [0.15, 0.2) is 24.3 Å². The molecule has 1 aromatic rings. The zero-order valence-electron chi connectivity index (χ0n) is 10.2. The number of ketones is 1. The standard InChI is InChI=1S/C13H12N2O4/c16-13(5-6-14-7-9-19-10-8-14)11-1-3-12(4-2-11)15(17)18/h1-4H,7-10H2. The van der Waals surface area contributed by atoms with E-state index in [1.807, 2.05) is 4.90 Å². The molecule has 6 nitrogen and oxygen atoms in total. The Hall–Kier alpha value is -2.39. The van der Waals surface area contributed by atoms with E-state index in [4.69, 9.17) is 4.74 Å². The first-order valence-corrected chi connectivity index (χ1v) is 5.80. The molecule has 0 radical (unpaired) electrons. The third-order valence-corrected chi connectivity index (χ3v) is 2.68. The van der Waals surface area contributed by atoms with Crippen molar-refractivity contribution >= 4 is 11.5 Å². The van der Waals surface area contributed by atoms with Gasteiger partial charge in [-0.2, -0.15) is 0 Å². The smallest absolute Gasteiger partial charge is 0.269 e. The van der Waals surface area contributed by atoms with Crippen molar-refractivity contribution in [1.29, 1.82) is 0 Å². The zero-order valence-corrected chi connectivity index (χ0v) is 10.2. The summed E-state index contributed by atoms with van der Waals surface area (Å²) in [5, 5.41) is 10.5. The number of rotatable bonds is 2. The topological polar surface area (TPSA) is 72.7 Å². The Morgan fingerprint density at radius 1 is 1.26 bits per heavy atom. The van der Waals surface area contributed by atoms with Gasteiger partial charge in [0.05, 0.1) is 18.1 Å². The lowest BCUT2D eigenvalue weighted by Gasteiger charge is -2.22. The average Bonchev–Trinajstić information content (AvgIpc) is 2.46. The molecule has 98 valence electrons. The number of carbonyl (C=O) groups is 1. The minimum atomic E-state index is -0.506. The third kappa shape index (κ3) is 3.53. The van der Waals surface area contributed by atoms with Gasteiger partial charge in [0.2, 0.25) is 5.78 Å². The highest BCUT2D eigenvalue weighted by molar-refractivity contribution is 6.09. The van der Waals surface area contributed by atoms with Gasteiger partial charge in [-0.15, -0.1) is 0 Å². The summed E-state index contributed by atoms with van der Waals surface area (Å²) < 4.78 is 5.17. The van der Waals surface area contributed by atoms with Crippen LogP contribution in [-0.2, 0) is 4.74 Å². The molecule has 0 spiro atoms. The van der Waals surface area contributed by atoms with Crippen molar-refractivity contribution < 1.29 is 14.5 Å². The molecule has 0 saturated carbocycles. The molecular weight excluding hydrogens is 248 g/mol. The van der Waals surface area contributed by atoms with E-state index in [-0.39, 0.29) is 11.5 Å². The van der Waals surface area contributed by atoms with Gasteiger partial charge < -0.3 is 9.64 Å². The number of non-ortho nitro benzene ring substituents is 1. The normalized spacial score (nSPS) is 14.4. The van der Waals surface area contributed by atoms with Gasteiger partial charge in [-0.1, -0.05) is 0 Å². The van der Waals surface area contributed by atoms with Gasteiger partial charge in [0.25, 0.3) is 5.69 Å². The third-order valence-electron chi connectivity index (χ3n) is 2.68. The van der Waals surface area contributed by atoms with E-state index in [1.165, 1.54) is 24.3 Å². The van der Waals surface area contributed by atoms with Crippen molar-refractivity contribution in [3.8, 4) is 12.0 Å². The minimum Gasteiger partial charge on any atom is -0.378 e. The fourth-order valence-corrected chi connectivity index (χ4v) is 1.61. The van der Waals surface area contributed by atoms with Crippen molar-refractivity contribution in [1.82, 2.24) is 4.90 Å². The molecule has 0 bridgehead atoms. The summed E-state index contributed by atoms with van der Waals surface area (Å²) in [4.78, 5) is 23.6. The first-order valence-electron chi connectivity index (χ1n) is 5.80. The number of nitro benzene ring substituents is 1. The number of benzene rings is 1. The number of nitrogens with zero attached hydrogens (tertiary/aromatic N) is 2. The SMILES string of the molecule is O=C(C#CN1CCOCC1)c1ccc([N+](=O)[O-])cc1. The molecule has 0 amide bonds. The summed E-state index contributed by atoms with van der Waals surface area (Å²) in [6.07, 6.45) is 0. The van der Waals surface area contributed by atoms with Crippen LogP contribution in [0.25, 0.3) is 0 Å². The number of nitro groups is 1. The van der Waals surface area contributed by atoms with E-state index in [1.54, 1.807) is 0 Å². The molecule has 1 fully saturated rings. The second-order valence-corrected chi connectivity index (χ2v) is 3.97. The summed E-state index contributed by atoms with van der Waals surface area (Å²) in [6.45, 7) is 2.59. The van der Waals surface area contributed by atoms with E-state index in [0.29, 0.717) is 31.9 Å². The molecule has 1 aromatic carbocycles. The van der Waals surface area contributed by atoms with Crippen molar-refractivity contribution in [2.75, 3.05) is 26.3 Å². The molecule has 2 rings (SSSR count). The van der Waals surface area contributed by atoms with Crippen LogP contribution in [0.1, 0.15) is 10.4 Å². The van der Waals surface area contributed by atoms with Crippen molar-refractivity contribution in [3.05, 3.63) is 39.9 Å². The Morgan fingerprint density at radius 3 is 2.47 bits per heavy atom. The number of carbonyl (C=O) groups excluding carboxylic acids is 1. The summed E-state index contributed by atoms with van der Waals surface area (Å²) in [5.41, 5.74) is 0.309. The fraction of sp³-hybridized carbons (Fsp3) is 0.308. The highest BCUT2D eigenvalue weighted by Crippen LogP contribution is 2.12. The van der Waals surface area contributed by atoms with Gasteiger partial charge in [-0.25, -0.2) is 0 Å². The van der Waals surface area contributed by atoms with Crippen LogP contribution >= 0.6 is 0 Å². The van der Waals surface area contributed by atoms with Crippen LogP contribution in [0, 0.1) is 22.1 Å². The molecule has 0 aromatic heterocycles. The maximum atomic E-state index is 11.8. The van der Waals surface area contributed by atoms with Gasteiger partial charge in [-0.05, 0) is 18.1 Å². The Labute approximate surface area is 110 Å². The van der Waals surface area contributed by atoms with Crippen molar-refractivity contribution in [3.63, 3.8) is 0 Å². The van der Waals surface area contributed by atoms with E-state index < -0.39 is 4.92 Å². The molecule has 0 atom stereocenters. The number of ether oxygens (including phenoxy) is 1. The van der Waals surface area contributed by atoms with Crippen LogP contribution in [-0.4, -0.2) is 41.9 Å². The molecule has 6 heteroatoms. The minimum absolute atomic E-state index is 0.0438. The monoisotopic (exact) mass is 260 g/mol. The summed E-state index contributed by atoms with van der Waals surface area (Å²) in [6, 6.07) is 8.19. The Kier molecular flexibility index (Phi) is 4.11. The predicted octanol–water partition coefficient (Wildman–Crippen LogP) is 1.07.